The second kappa shape index (κ2) is 7.78. The highest BCUT2D eigenvalue weighted by molar-refractivity contribution is 6.35. The van der Waals surface area contributed by atoms with E-state index in [0.717, 1.165) is 5.56 Å². The third-order valence-corrected chi connectivity index (χ3v) is 3.66. The van der Waals surface area contributed by atoms with Crippen LogP contribution in [-0.4, -0.2) is 22.9 Å². The summed E-state index contributed by atoms with van der Waals surface area (Å²) in [6.07, 6.45) is -1.26. The van der Waals surface area contributed by atoms with Crippen molar-refractivity contribution >= 4 is 23.2 Å². The van der Waals surface area contributed by atoms with Gasteiger partial charge in [-0.25, -0.2) is 0 Å². The zero-order chi connectivity index (χ0) is 15.2. The number of rotatable bonds is 6. The molecule has 0 radical (unpaired) electrons. The highest BCUT2D eigenvalue weighted by atomic mass is 35.5. The van der Waals surface area contributed by atoms with Crippen molar-refractivity contribution in [2.75, 3.05) is 6.61 Å². The van der Waals surface area contributed by atoms with Crippen LogP contribution in [0.1, 0.15) is 17.4 Å². The van der Waals surface area contributed by atoms with E-state index in [0.29, 0.717) is 22.0 Å². The summed E-state index contributed by atoms with van der Waals surface area (Å²) in [5, 5.41) is 20.5. The van der Waals surface area contributed by atoms with Crippen molar-refractivity contribution in [3.05, 3.63) is 69.7 Å². The summed E-state index contributed by atoms with van der Waals surface area (Å²) < 4.78 is 5.49. The van der Waals surface area contributed by atoms with Gasteiger partial charge in [0.25, 0.3) is 0 Å². The lowest BCUT2D eigenvalue weighted by Gasteiger charge is -2.20. The van der Waals surface area contributed by atoms with Crippen molar-refractivity contribution in [2.24, 2.45) is 0 Å². The minimum atomic E-state index is -1.09. The summed E-state index contributed by atoms with van der Waals surface area (Å²) in [6.45, 7) is -0.219. The SMILES string of the molecule is OC[C@@H](Cc1ccc(Cl)cc1Cl)OC(O)c1ccccc1. The number of hydrogen-bond acceptors (Lipinski definition) is 3. The molecular weight excluding hydrogens is 311 g/mol. The number of halogens is 2. The van der Waals surface area contributed by atoms with Gasteiger partial charge in [0.15, 0.2) is 6.29 Å². The maximum Gasteiger partial charge on any atom is 0.181 e. The fourth-order valence-corrected chi connectivity index (χ4v) is 2.45. The summed E-state index contributed by atoms with van der Waals surface area (Å²) in [7, 11) is 0. The fraction of sp³-hybridized carbons (Fsp3) is 0.250. The Balaban J connectivity index is 2.03. The minimum Gasteiger partial charge on any atom is -0.394 e. The van der Waals surface area contributed by atoms with E-state index in [1.807, 2.05) is 18.2 Å². The van der Waals surface area contributed by atoms with Gasteiger partial charge in [-0.3, -0.25) is 0 Å². The second-order valence-electron chi connectivity index (χ2n) is 4.64. The molecule has 0 aliphatic carbocycles. The molecule has 1 unspecified atom stereocenters. The number of ether oxygens (including phenoxy) is 1. The van der Waals surface area contributed by atoms with E-state index in [1.165, 1.54) is 0 Å². The van der Waals surface area contributed by atoms with E-state index in [-0.39, 0.29) is 6.61 Å². The summed E-state index contributed by atoms with van der Waals surface area (Å²) in [5.74, 6) is 0. The Labute approximate surface area is 133 Å². The molecule has 0 amide bonds. The van der Waals surface area contributed by atoms with Crippen LogP contribution in [0.25, 0.3) is 0 Å². The van der Waals surface area contributed by atoms with Gasteiger partial charge in [0.1, 0.15) is 0 Å². The Morgan fingerprint density at radius 2 is 1.76 bits per heavy atom. The first-order chi connectivity index (χ1) is 10.1. The lowest BCUT2D eigenvalue weighted by Crippen LogP contribution is -2.23. The lowest BCUT2D eigenvalue weighted by molar-refractivity contribution is -0.150. The molecule has 0 saturated heterocycles. The Bertz CT molecular complexity index is 575. The van der Waals surface area contributed by atoms with Gasteiger partial charge in [0, 0.05) is 22.0 Å². The van der Waals surface area contributed by atoms with Crippen LogP contribution in [0.4, 0.5) is 0 Å². The van der Waals surface area contributed by atoms with Crippen LogP contribution >= 0.6 is 23.2 Å². The molecule has 2 atom stereocenters. The van der Waals surface area contributed by atoms with Crippen molar-refractivity contribution in [2.45, 2.75) is 18.8 Å². The van der Waals surface area contributed by atoms with Crippen molar-refractivity contribution in [1.82, 2.24) is 0 Å². The topological polar surface area (TPSA) is 49.7 Å². The smallest absolute Gasteiger partial charge is 0.181 e. The molecule has 112 valence electrons. The minimum absolute atomic E-state index is 0.219. The van der Waals surface area contributed by atoms with Crippen LogP contribution in [0.15, 0.2) is 48.5 Å². The Morgan fingerprint density at radius 1 is 1.05 bits per heavy atom. The van der Waals surface area contributed by atoms with Crippen LogP contribution in [-0.2, 0) is 11.2 Å². The predicted octanol–water partition coefficient (Wildman–Crippen LogP) is 3.60. The van der Waals surface area contributed by atoms with Gasteiger partial charge in [-0.15, -0.1) is 0 Å². The van der Waals surface area contributed by atoms with Crippen LogP contribution in [0.3, 0.4) is 0 Å². The summed E-state index contributed by atoms with van der Waals surface area (Å²) >= 11 is 11.9. The maximum atomic E-state index is 10.0. The summed E-state index contributed by atoms with van der Waals surface area (Å²) in [6, 6.07) is 14.1. The molecule has 0 saturated carbocycles. The van der Waals surface area contributed by atoms with Crippen molar-refractivity contribution < 1.29 is 14.9 Å². The quantitative estimate of drug-likeness (QED) is 0.797. The second-order valence-corrected chi connectivity index (χ2v) is 5.49. The van der Waals surface area contributed by atoms with Gasteiger partial charge < -0.3 is 14.9 Å². The molecule has 0 spiro atoms. The van der Waals surface area contributed by atoms with Crippen LogP contribution < -0.4 is 0 Å². The van der Waals surface area contributed by atoms with Crippen LogP contribution in [0.2, 0.25) is 10.0 Å². The first-order valence-corrected chi connectivity index (χ1v) is 7.29. The predicted molar refractivity (Wildman–Crippen MR) is 83.5 cm³/mol. The fourth-order valence-electron chi connectivity index (χ4n) is 1.97. The summed E-state index contributed by atoms with van der Waals surface area (Å²) in [5.41, 5.74) is 1.44. The first-order valence-electron chi connectivity index (χ1n) is 6.53. The van der Waals surface area contributed by atoms with E-state index in [9.17, 15) is 10.2 Å². The van der Waals surface area contributed by atoms with E-state index < -0.39 is 12.4 Å². The number of benzene rings is 2. The molecule has 0 aliphatic rings. The lowest BCUT2D eigenvalue weighted by atomic mass is 10.1. The van der Waals surface area contributed by atoms with Crippen LogP contribution in [0, 0.1) is 0 Å². The highest BCUT2D eigenvalue weighted by Gasteiger charge is 2.17. The Kier molecular flexibility index (Phi) is 6.03. The summed E-state index contributed by atoms with van der Waals surface area (Å²) in [4.78, 5) is 0. The first kappa shape index (κ1) is 16.3. The van der Waals surface area contributed by atoms with Gasteiger partial charge in [-0.2, -0.15) is 0 Å². The molecule has 5 heteroatoms. The molecular formula is C16H16Cl2O3. The van der Waals surface area contributed by atoms with E-state index in [2.05, 4.69) is 0 Å². The van der Waals surface area contributed by atoms with Gasteiger partial charge in [0.2, 0.25) is 0 Å². The zero-order valence-corrected chi connectivity index (χ0v) is 12.8. The maximum absolute atomic E-state index is 10.0. The van der Waals surface area contributed by atoms with Gasteiger partial charge in [0.05, 0.1) is 12.7 Å². The van der Waals surface area contributed by atoms with E-state index >= 15 is 0 Å². The Morgan fingerprint density at radius 3 is 2.38 bits per heavy atom. The Hall–Kier alpha value is -1.10. The largest absolute Gasteiger partial charge is 0.394 e. The number of aliphatic hydroxyl groups excluding tert-OH is 2. The molecule has 2 rings (SSSR count). The number of hydrogen-bond donors (Lipinski definition) is 2. The highest BCUT2D eigenvalue weighted by Crippen LogP contribution is 2.24. The monoisotopic (exact) mass is 326 g/mol. The third-order valence-electron chi connectivity index (χ3n) is 3.07. The molecule has 0 heterocycles. The molecule has 3 nitrogen and oxygen atoms in total. The van der Waals surface area contributed by atoms with Gasteiger partial charge in [-0.05, 0) is 17.7 Å². The van der Waals surface area contributed by atoms with E-state index in [1.54, 1.807) is 30.3 Å². The van der Waals surface area contributed by atoms with Crippen LogP contribution in [0.5, 0.6) is 0 Å². The number of aliphatic hydroxyl groups is 2. The molecule has 2 aromatic carbocycles. The molecule has 0 fully saturated rings. The van der Waals surface area contributed by atoms with Gasteiger partial charge in [-0.1, -0.05) is 59.6 Å². The average Bonchev–Trinajstić information content (AvgIpc) is 2.49. The third kappa shape index (κ3) is 4.70. The molecule has 2 aromatic rings. The average molecular weight is 327 g/mol. The molecule has 21 heavy (non-hydrogen) atoms. The molecule has 0 aromatic heterocycles. The van der Waals surface area contributed by atoms with E-state index in [4.69, 9.17) is 27.9 Å². The zero-order valence-electron chi connectivity index (χ0n) is 11.2. The standard InChI is InChI=1S/C16H16Cl2O3/c17-13-7-6-12(15(18)9-13)8-14(10-19)21-16(20)11-4-2-1-3-5-11/h1-7,9,14,16,19-20H,8,10H2/t14-,16?/m1/s1. The normalized spacial score (nSPS) is 13.9. The molecule has 0 aliphatic heterocycles. The van der Waals surface area contributed by atoms with Crippen molar-refractivity contribution in [3.63, 3.8) is 0 Å². The van der Waals surface area contributed by atoms with Crippen molar-refractivity contribution in [1.29, 1.82) is 0 Å². The van der Waals surface area contributed by atoms with Gasteiger partial charge >= 0.3 is 0 Å². The van der Waals surface area contributed by atoms with Crippen molar-refractivity contribution in [3.8, 4) is 0 Å². The molecule has 0 bridgehead atoms. The molecule has 2 N–H and O–H groups in total.